The Morgan fingerprint density at radius 1 is 0.968 bits per heavy atom. The number of fused-ring (bicyclic) bond motifs is 7. The molecule has 0 aromatic heterocycles. The van der Waals surface area contributed by atoms with Gasteiger partial charge in [-0.15, -0.1) is 0 Å². The SMILES string of the molecule is C[C@H]1CC[C@@]2(OC1)O[C@H]1C[C@@H]3[C@](C)(CC=C4[C@@]5(C)CC[C@H](O)C[C@@H]5CC[C@]43C)[C@H]1[C@@H]2C. The molecule has 0 unspecified atom stereocenters. The van der Waals surface area contributed by atoms with E-state index in [2.05, 4.69) is 40.7 Å². The van der Waals surface area contributed by atoms with E-state index in [1.165, 1.54) is 38.5 Å². The minimum absolute atomic E-state index is 0.0774. The molecule has 0 amide bonds. The van der Waals surface area contributed by atoms with Gasteiger partial charge in [0.2, 0.25) is 0 Å². The summed E-state index contributed by atoms with van der Waals surface area (Å²) in [6.07, 6.45) is 13.4. The molecule has 4 aliphatic carbocycles. The van der Waals surface area contributed by atoms with Crippen molar-refractivity contribution < 1.29 is 14.6 Å². The van der Waals surface area contributed by atoms with E-state index >= 15 is 0 Å². The van der Waals surface area contributed by atoms with Crippen molar-refractivity contribution in [2.75, 3.05) is 6.61 Å². The van der Waals surface area contributed by atoms with Gasteiger partial charge >= 0.3 is 0 Å². The number of aliphatic hydroxyl groups is 1. The summed E-state index contributed by atoms with van der Waals surface area (Å²) < 4.78 is 13.4. The predicted molar refractivity (Wildman–Crippen MR) is 122 cm³/mol. The van der Waals surface area contributed by atoms with E-state index in [1.54, 1.807) is 5.57 Å². The molecule has 174 valence electrons. The molecule has 0 radical (unpaired) electrons. The standard InChI is InChI=1S/C28H44O3/c1-17-6-13-28(30-16-17)18(2)24-21(31-28)15-23-26(4)10-7-19-14-20(29)8-11-25(19,3)22(26)9-12-27(23,24)5/h9,17-21,23-24,29H,6-8,10-16H2,1-5H3/t17-,18-,19-,20-,21-,23-,24-,25-,26+,27-,28+/m0/s1. The zero-order chi connectivity index (χ0) is 21.8. The summed E-state index contributed by atoms with van der Waals surface area (Å²) in [5.41, 5.74) is 2.66. The zero-order valence-corrected chi connectivity index (χ0v) is 20.5. The van der Waals surface area contributed by atoms with Crippen molar-refractivity contribution in [2.45, 2.75) is 110 Å². The normalized spacial score (nSPS) is 60.7. The lowest BCUT2D eigenvalue weighted by molar-refractivity contribution is -0.272. The van der Waals surface area contributed by atoms with E-state index in [-0.39, 0.29) is 11.9 Å². The van der Waals surface area contributed by atoms with Gasteiger partial charge in [-0.2, -0.15) is 0 Å². The number of aliphatic hydroxyl groups excluding tert-OH is 1. The first kappa shape index (κ1) is 21.2. The monoisotopic (exact) mass is 428 g/mol. The highest BCUT2D eigenvalue weighted by molar-refractivity contribution is 5.34. The predicted octanol–water partition coefficient (Wildman–Crippen LogP) is 6.10. The lowest BCUT2D eigenvalue weighted by Crippen LogP contribution is -2.54. The molecule has 3 heteroatoms. The molecular formula is C28H44O3. The molecule has 2 aliphatic heterocycles. The van der Waals surface area contributed by atoms with Gasteiger partial charge in [0, 0.05) is 12.3 Å². The van der Waals surface area contributed by atoms with Crippen LogP contribution in [0.4, 0.5) is 0 Å². The molecule has 6 rings (SSSR count). The fourth-order valence-electron chi connectivity index (χ4n) is 10.1. The van der Waals surface area contributed by atoms with Crippen molar-refractivity contribution >= 4 is 0 Å². The van der Waals surface area contributed by atoms with Crippen LogP contribution in [-0.2, 0) is 9.47 Å². The summed E-state index contributed by atoms with van der Waals surface area (Å²) in [7, 11) is 0. The van der Waals surface area contributed by atoms with Crippen LogP contribution in [0, 0.1) is 45.8 Å². The Balaban J connectivity index is 1.34. The van der Waals surface area contributed by atoms with Crippen LogP contribution in [0.25, 0.3) is 0 Å². The number of allylic oxidation sites excluding steroid dienone is 2. The molecule has 2 saturated heterocycles. The van der Waals surface area contributed by atoms with E-state index in [4.69, 9.17) is 9.47 Å². The summed E-state index contributed by atoms with van der Waals surface area (Å²) in [6, 6.07) is 0. The number of ether oxygens (including phenoxy) is 2. The molecule has 6 aliphatic rings. The number of rotatable bonds is 0. The van der Waals surface area contributed by atoms with Crippen LogP contribution >= 0.6 is 0 Å². The van der Waals surface area contributed by atoms with E-state index < -0.39 is 0 Å². The first-order valence-corrected chi connectivity index (χ1v) is 13.3. The molecule has 3 saturated carbocycles. The first-order chi connectivity index (χ1) is 14.6. The minimum Gasteiger partial charge on any atom is -0.393 e. The number of hydrogen-bond donors (Lipinski definition) is 1. The Labute approximate surface area is 189 Å². The quantitative estimate of drug-likeness (QED) is 0.474. The zero-order valence-electron chi connectivity index (χ0n) is 20.5. The van der Waals surface area contributed by atoms with Gasteiger partial charge in [-0.3, -0.25) is 0 Å². The summed E-state index contributed by atoms with van der Waals surface area (Å²) >= 11 is 0. The van der Waals surface area contributed by atoms with E-state index in [9.17, 15) is 5.11 Å². The van der Waals surface area contributed by atoms with Crippen LogP contribution in [0.15, 0.2) is 11.6 Å². The lowest BCUT2D eigenvalue weighted by atomic mass is 9.43. The second-order valence-corrected chi connectivity index (χ2v) is 13.4. The Morgan fingerprint density at radius 2 is 1.74 bits per heavy atom. The second-order valence-electron chi connectivity index (χ2n) is 13.4. The van der Waals surface area contributed by atoms with Crippen molar-refractivity contribution in [1.82, 2.24) is 0 Å². The summed E-state index contributed by atoms with van der Waals surface area (Å²) in [6.45, 7) is 13.3. The van der Waals surface area contributed by atoms with Gasteiger partial charge in [0.15, 0.2) is 5.79 Å². The Hall–Kier alpha value is -0.380. The third-order valence-corrected chi connectivity index (χ3v) is 11.8. The molecule has 2 heterocycles. The van der Waals surface area contributed by atoms with Crippen molar-refractivity contribution in [3.63, 3.8) is 0 Å². The third-order valence-electron chi connectivity index (χ3n) is 11.8. The summed E-state index contributed by atoms with van der Waals surface area (Å²) in [5.74, 6) is 2.81. The van der Waals surface area contributed by atoms with Gasteiger partial charge in [-0.1, -0.05) is 46.3 Å². The third kappa shape index (κ3) is 2.63. The summed E-state index contributed by atoms with van der Waals surface area (Å²) in [5, 5.41) is 10.3. The molecule has 0 aromatic carbocycles. The Kier molecular flexibility index (Phi) is 4.51. The maximum absolute atomic E-state index is 10.3. The van der Waals surface area contributed by atoms with Crippen LogP contribution < -0.4 is 0 Å². The maximum atomic E-state index is 10.3. The smallest absolute Gasteiger partial charge is 0.171 e. The van der Waals surface area contributed by atoms with Gasteiger partial charge in [-0.25, -0.2) is 0 Å². The van der Waals surface area contributed by atoms with E-state index in [1.807, 2.05) is 0 Å². The lowest BCUT2D eigenvalue weighted by Gasteiger charge is -2.62. The van der Waals surface area contributed by atoms with Gasteiger partial charge in [0.1, 0.15) is 0 Å². The molecule has 5 fully saturated rings. The highest BCUT2D eigenvalue weighted by atomic mass is 16.7. The van der Waals surface area contributed by atoms with Gasteiger partial charge < -0.3 is 14.6 Å². The molecule has 3 nitrogen and oxygen atoms in total. The Morgan fingerprint density at radius 3 is 2.48 bits per heavy atom. The topological polar surface area (TPSA) is 38.7 Å². The molecule has 1 N–H and O–H groups in total. The van der Waals surface area contributed by atoms with E-state index in [0.717, 1.165) is 25.9 Å². The van der Waals surface area contributed by atoms with Gasteiger partial charge in [0.05, 0.1) is 18.8 Å². The van der Waals surface area contributed by atoms with Crippen LogP contribution in [0.3, 0.4) is 0 Å². The Bertz CT molecular complexity index is 781. The molecule has 11 atom stereocenters. The molecular weight excluding hydrogens is 384 g/mol. The van der Waals surface area contributed by atoms with Crippen LogP contribution in [0.2, 0.25) is 0 Å². The highest BCUT2D eigenvalue weighted by Gasteiger charge is 2.70. The first-order valence-electron chi connectivity index (χ1n) is 13.3. The molecule has 0 aromatic rings. The van der Waals surface area contributed by atoms with Crippen molar-refractivity contribution in [1.29, 1.82) is 0 Å². The highest BCUT2D eigenvalue weighted by Crippen LogP contribution is 2.73. The van der Waals surface area contributed by atoms with Crippen molar-refractivity contribution in [2.24, 2.45) is 45.8 Å². The van der Waals surface area contributed by atoms with E-state index in [0.29, 0.717) is 51.9 Å². The van der Waals surface area contributed by atoms with Gasteiger partial charge in [-0.05, 0) is 91.3 Å². The fraction of sp³-hybridized carbons (Fsp3) is 0.929. The summed E-state index contributed by atoms with van der Waals surface area (Å²) in [4.78, 5) is 0. The number of hydrogen-bond acceptors (Lipinski definition) is 3. The molecule has 0 bridgehead atoms. The van der Waals surface area contributed by atoms with Gasteiger partial charge in [0.25, 0.3) is 0 Å². The second kappa shape index (κ2) is 6.60. The van der Waals surface area contributed by atoms with Crippen LogP contribution in [-0.4, -0.2) is 29.7 Å². The fourth-order valence-corrected chi connectivity index (χ4v) is 10.1. The maximum Gasteiger partial charge on any atom is 0.171 e. The van der Waals surface area contributed by atoms with Crippen LogP contribution in [0.1, 0.15) is 92.4 Å². The molecule has 1 spiro atoms. The van der Waals surface area contributed by atoms with Crippen LogP contribution in [0.5, 0.6) is 0 Å². The van der Waals surface area contributed by atoms with Crippen molar-refractivity contribution in [3.8, 4) is 0 Å². The molecule has 31 heavy (non-hydrogen) atoms. The minimum atomic E-state index is -0.316. The average molecular weight is 429 g/mol. The largest absolute Gasteiger partial charge is 0.393 e. The van der Waals surface area contributed by atoms with Crippen molar-refractivity contribution in [3.05, 3.63) is 11.6 Å². The average Bonchev–Trinajstić information content (AvgIpc) is 3.17.